The first-order chi connectivity index (χ1) is 17.6. The third-order valence-corrected chi connectivity index (χ3v) is 6.15. The van der Waals surface area contributed by atoms with Crippen molar-refractivity contribution in [1.82, 2.24) is 0 Å². The number of aryl methyl sites for hydroxylation is 1. The lowest BCUT2D eigenvalue weighted by molar-refractivity contribution is 0.515. The Morgan fingerprint density at radius 3 is 2.22 bits per heavy atom. The van der Waals surface area contributed by atoms with Gasteiger partial charge in [0.15, 0.2) is 11.1 Å². The van der Waals surface area contributed by atoms with Crippen LogP contribution in [0, 0.1) is 6.92 Å². The van der Waals surface area contributed by atoms with Crippen LogP contribution in [0.25, 0.3) is 12.2 Å². The van der Waals surface area contributed by atoms with Crippen LogP contribution in [0.2, 0.25) is 0 Å². The van der Waals surface area contributed by atoms with E-state index in [-0.39, 0.29) is 0 Å². The second-order valence-corrected chi connectivity index (χ2v) is 10.2. The van der Waals surface area contributed by atoms with Crippen LogP contribution in [0.3, 0.4) is 0 Å². The van der Waals surface area contributed by atoms with Crippen LogP contribution in [0.5, 0.6) is 0 Å². The van der Waals surface area contributed by atoms with E-state index in [0.29, 0.717) is 33.8 Å². The smallest absolute Gasteiger partial charge is 0.187 e. The molecule has 3 aromatic carbocycles. The van der Waals surface area contributed by atoms with Crippen LogP contribution in [0.15, 0.2) is 75.4 Å². The lowest BCUT2D eigenvalue weighted by Gasteiger charge is -2.19. The van der Waals surface area contributed by atoms with Crippen LogP contribution < -0.4 is 5.73 Å². The van der Waals surface area contributed by atoms with Crippen molar-refractivity contribution in [2.45, 2.75) is 70.2 Å². The van der Waals surface area contributed by atoms with Gasteiger partial charge in [-0.25, -0.2) is 4.21 Å². The van der Waals surface area contributed by atoms with E-state index in [2.05, 4.69) is 4.99 Å². The second-order valence-electron chi connectivity index (χ2n) is 8.61. The summed E-state index contributed by atoms with van der Waals surface area (Å²) in [5, 5.41) is 0. The van der Waals surface area contributed by atoms with Crippen molar-refractivity contribution in [2.75, 3.05) is 0 Å². The number of hydrogen-bond acceptors (Lipinski definition) is 5. The molecular weight excluding hydrogens is 500 g/mol. The summed E-state index contributed by atoms with van der Waals surface area (Å²) < 4.78 is 31.5. The molecule has 0 spiro atoms. The zero-order valence-electron chi connectivity index (χ0n) is 22.9. The van der Waals surface area contributed by atoms with Crippen molar-refractivity contribution in [3.63, 3.8) is 0 Å². The number of nitrogens with two attached hydrogens (primary N) is 1. The highest BCUT2D eigenvalue weighted by molar-refractivity contribution is 7.93. The minimum Gasteiger partial charge on any atom is -0.325 e. The van der Waals surface area contributed by atoms with Gasteiger partial charge in [0.2, 0.25) is 0 Å². The molecule has 37 heavy (non-hydrogen) atoms. The zero-order valence-corrected chi connectivity index (χ0v) is 24.5. The Bertz CT molecular complexity index is 1220. The van der Waals surface area contributed by atoms with E-state index in [1.165, 1.54) is 0 Å². The molecule has 200 valence electrons. The molecule has 5 nitrogen and oxygen atoms in total. The monoisotopic (exact) mass is 540 g/mol. The number of hydrogen-bond donors (Lipinski definition) is 3. The normalized spacial score (nSPS) is 12.1. The summed E-state index contributed by atoms with van der Waals surface area (Å²) in [6, 6.07) is 19.0. The molecule has 1 atom stereocenters. The Labute approximate surface area is 229 Å². The van der Waals surface area contributed by atoms with E-state index in [0.717, 1.165) is 27.9 Å². The molecule has 0 radical (unpaired) electrons. The molecule has 0 heterocycles. The molecule has 4 N–H and O–H groups in total. The molecule has 0 amide bonds. The summed E-state index contributed by atoms with van der Waals surface area (Å²) in [4.78, 5) is 5.47. The van der Waals surface area contributed by atoms with Crippen molar-refractivity contribution in [2.24, 2.45) is 10.7 Å². The molecule has 0 aromatic heterocycles. The van der Waals surface area contributed by atoms with Crippen LogP contribution in [0.4, 0.5) is 5.69 Å². The van der Waals surface area contributed by atoms with Gasteiger partial charge in [-0.2, -0.15) is 0 Å². The fraction of sp³-hybridized carbons (Fsp3) is 0.300. The van der Waals surface area contributed by atoms with Gasteiger partial charge >= 0.3 is 0 Å². The van der Waals surface area contributed by atoms with Gasteiger partial charge in [0.25, 0.3) is 0 Å². The minimum absolute atomic E-state index is 0.325. The molecule has 0 aliphatic carbocycles. The van der Waals surface area contributed by atoms with Gasteiger partial charge in [0.05, 0.1) is 10.6 Å². The molecule has 0 saturated heterocycles. The molecule has 0 fully saturated rings. The standard InChI is InChI=1S/C26H28N2O3S2.2C2H6/c1-18-5-4-6-20(13-18)17-28-23-12-11-21(24(15-23)32-29)9-10-22-8-7-19(16-26(2,3)27)14-25(22)33(30)31;2*1-2/h4-15,17,29H,16,27H2,1-3H3,(H,30,31);2*1-2H3/b10-9+,28-17?;;. The summed E-state index contributed by atoms with van der Waals surface area (Å²) in [5.74, 6) is 0. The highest BCUT2D eigenvalue weighted by Gasteiger charge is 2.14. The first-order valence-electron chi connectivity index (χ1n) is 12.4. The summed E-state index contributed by atoms with van der Waals surface area (Å²) >= 11 is -1.50. The van der Waals surface area contributed by atoms with Gasteiger partial charge in [0.1, 0.15) is 0 Å². The molecule has 3 rings (SSSR count). The zero-order chi connectivity index (χ0) is 28.0. The lowest BCUT2D eigenvalue weighted by Crippen LogP contribution is -2.34. The Morgan fingerprint density at radius 2 is 1.62 bits per heavy atom. The molecule has 1 unspecified atom stereocenters. The largest absolute Gasteiger partial charge is 0.325 e. The van der Waals surface area contributed by atoms with Gasteiger partial charge in [-0.3, -0.25) is 4.99 Å². The van der Waals surface area contributed by atoms with Gasteiger partial charge < -0.3 is 14.8 Å². The highest BCUT2D eigenvalue weighted by atomic mass is 32.2. The SMILES string of the molecule is CC.CC.Cc1cccc(C=Nc2ccc(/C=C/c3ccc(CC(C)(C)N)cc3S(=O)O)c(SO)c2)c1. The minimum atomic E-state index is -2.14. The predicted molar refractivity (Wildman–Crippen MR) is 162 cm³/mol. The second kappa shape index (κ2) is 16.3. The van der Waals surface area contributed by atoms with Crippen molar-refractivity contribution in [1.29, 1.82) is 0 Å². The van der Waals surface area contributed by atoms with Crippen molar-refractivity contribution in [3.05, 3.63) is 88.5 Å². The molecule has 7 heteroatoms. The average molecular weight is 541 g/mol. The van der Waals surface area contributed by atoms with Gasteiger partial charge in [-0.05, 0) is 67.6 Å². The van der Waals surface area contributed by atoms with Crippen LogP contribution >= 0.6 is 12.0 Å². The number of benzene rings is 3. The third-order valence-electron chi connectivity index (χ3n) is 4.87. The molecule has 0 aliphatic heterocycles. The Kier molecular flexibility index (Phi) is 14.3. The topological polar surface area (TPSA) is 95.9 Å². The maximum Gasteiger partial charge on any atom is 0.187 e. The predicted octanol–water partition coefficient (Wildman–Crippen LogP) is 8.39. The molecule has 0 saturated carbocycles. The van der Waals surface area contributed by atoms with E-state index in [1.54, 1.807) is 24.4 Å². The van der Waals surface area contributed by atoms with Gasteiger partial charge in [-0.15, -0.1) is 0 Å². The lowest BCUT2D eigenvalue weighted by atomic mass is 9.95. The molecule has 0 bridgehead atoms. The number of aliphatic imine (C=N–C) groups is 1. The van der Waals surface area contributed by atoms with Gasteiger partial charge in [0, 0.05) is 28.7 Å². The summed E-state index contributed by atoms with van der Waals surface area (Å²) in [5.41, 5.74) is 10.9. The maximum absolute atomic E-state index is 11.9. The van der Waals surface area contributed by atoms with E-state index < -0.39 is 16.6 Å². The average Bonchev–Trinajstić information content (AvgIpc) is 2.88. The van der Waals surface area contributed by atoms with Crippen molar-refractivity contribution >= 4 is 47.2 Å². The van der Waals surface area contributed by atoms with Gasteiger partial charge in [-0.1, -0.05) is 87.9 Å². The molecule has 3 aromatic rings. The maximum atomic E-state index is 11.9. The Hall–Kier alpha value is -2.55. The molecular formula is C30H40N2O3S2. The third kappa shape index (κ3) is 11.2. The number of nitrogens with zero attached hydrogens (tertiary/aromatic N) is 1. The van der Waals surface area contributed by atoms with Crippen LogP contribution in [-0.4, -0.2) is 25.1 Å². The van der Waals surface area contributed by atoms with Crippen molar-refractivity contribution in [3.8, 4) is 0 Å². The van der Waals surface area contributed by atoms with E-state index in [4.69, 9.17) is 5.73 Å². The van der Waals surface area contributed by atoms with Crippen LogP contribution in [0.1, 0.15) is 69.4 Å². The highest BCUT2D eigenvalue weighted by Crippen LogP contribution is 2.28. The van der Waals surface area contributed by atoms with E-state index in [9.17, 15) is 13.3 Å². The van der Waals surface area contributed by atoms with Crippen LogP contribution in [-0.2, 0) is 17.5 Å². The Morgan fingerprint density at radius 1 is 0.973 bits per heavy atom. The summed E-state index contributed by atoms with van der Waals surface area (Å²) in [6.07, 6.45) is 5.96. The fourth-order valence-corrected chi connectivity index (χ4v) is 4.41. The number of rotatable bonds is 8. The van der Waals surface area contributed by atoms with E-state index >= 15 is 0 Å². The first kappa shape index (κ1) is 32.5. The quantitative estimate of drug-likeness (QED) is 0.115. The molecule has 0 aliphatic rings. The summed E-state index contributed by atoms with van der Waals surface area (Å²) in [6.45, 7) is 13.9. The van der Waals surface area contributed by atoms with Crippen molar-refractivity contribution < 1.29 is 13.3 Å². The first-order valence-corrected chi connectivity index (χ1v) is 14.3. The van der Waals surface area contributed by atoms with E-state index in [1.807, 2.05) is 103 Å². The summed E-state index contributed by atoms with van der Waals surface area (Å²) in [7, 11) is 0. The fourth-order valence-electron chi connectivity index (χ4n) is 3.40. The Balaban J connectivity index is 0.00000163.